The minimum Gasteiger partial charge on any atom is -0.352 e. The zero-order valence-electron chi connectivity index (χ0n) is 14.1. The standard InChI is InChI=1S/C18H21FN2O3S/c1-13-6-8-15(9-7-13)11-20-18(22)14(2)12-25(23,24)21-17-5-3-4-16(19)10-17/h3-10,14,21H,11-12H2,1-2H3,(H,20,22). The summed E-state index contributed by atoms with van der Waals surface area (Å²) in [4.78, 5) is 12.1. The summed E-state index contributed by atoms with van der Waals surface area (Å²) in [5.74, 6) is -2.02. The Morgan fingerprint density at radius 1 is 1.16 bits per heavy atom. The first kappa shape index (κ1) is 18.9. The molecule has 0 saturated heterocycles. The minimum absolute atomic E-state index is 0.132. The summed E-state index contributed by atoms with van der Waals surface area (Å²) in [6, 6.07) is 12.9. The maximum absolute atomic E-state index is 13.1. The molecular weight excluding hydrogens is 343 g/mol. The van der Waals surface area contributed by atoms with Gasteiger partial charge in [0.15, 0.2) is 0 Å². The molecule has 25 heavy (non-hydrogen) atoms. The molecule has 0 saturated carbocycles. The largest absolute Gasteiger partial charge is 0.352 e. The molecule has 0 spiro atoms. The van der Waals surface area contributed by atoms with Gasteiger partial charge in [-0.2, -0.15) is 0 Å². The van der Waals surface area contributed by atoms with Crippen molar-refractivity contribution in [2.45, 2.75) is 20.4 Å². The molecule has 2 N–H and O–H groups in total. The second-order valence-corrected chi connectivity index (χ2v) is 7.77. The molecule has 2 aromatic carbocycles. The van der Waals surface area contributed by atoms with E-state index < -0.39 is 21.8 Å². The quantitative estimate of drug-likeness (QED) is 0.793. The second-order valence-electron chi connectivity index (χ2n) is 6.00. The molecule has 5 nitrogen and oxygen atoms in total. The van der Waals surface area contributed by atoms with Crippen LogP contribution in [0.25, 0.3) is 0 Å². The summed E-state index contributed by atoms with van der Waals surface area (Å²) in [6.07, 6.45) is 0. The minimum atomic E-state index is -3.76. The molecule has 0 heterocycles. The first-order chi connectivity index (χ1) is 11.7. The lowest BCUT2D eigenvalue weighted by Gasteiger charge is -2.14. The first-order valence-corrected chi connectivity index (χ1v) is 9.50. The summed E-state index contributed by atoms with van der Waals surface area (Å²) in [7, 11) is -3.76. The van der Waals surface area contributed by atoms with Gasteiger partial charge in [-0.3, -0.25) is 9.52 Å². The van der Waals surface area contributed by atoms with E-state index in [9.17, 15) is 17.6 Å². The molecule has 0 fully saturated rings. The zero-order valence-corrected chi connectivity index (χ0v) is 14.9. The van der Waals surface area contributed by atoms with Crippen LogP contribution in [-0.4, -0.2) is 20.1 Å². The topological polar surface area (TPSA) is 75.3 Å². The molecule has 2 rings (SSSR count). The van der Waals surface area contributed by atoms with Crippen molar-refractivity contribution in [3.63, 3.8) is 0 Å². The summed E-state index contributed by atoms with van der Waals surface area (Å²) < 4.78 is 39.6. The van der Waals surface area contributed by atoms with Gasteiger partial charge in [-0.1, -0.05) is 42.8 Å². The van der Waals surface area contributed by atoms with Gasteiger partial charge in [0.25, 0.3) is 0 Å². The molecular formula is C18H21FN2O3S. The summed E-state index contributed by atoms with van der Waals surface area (Å²) in [5, 5.41) is 2.72. The molecule has 0 bridgehead atoms. The third kappa shape index (κ3) is 6.19. The van der Waals surface area contributed by atoms with Crippen LogP contribution in [0.5, 0.6) is 0 Å². The Hall–Kier alpha value is -2.41. The number of hydrogen-bond donors (Lipinski definition) is 2. The number of carbonyl (C=O) groups excluding carboxylic acids is 1. The normalized spacial score (nSPS) is 12.4. The number of aryl methyl sites for hydroxylation is 1. The molecule has 134 valence electrons. The van der Waals surface area contributed by atoms with Crippen LogP contribution in [-0.2, 0) is 21.4 Å². The highest BCUT2D eigenvalue weighted by molar-refractivity contribution is 7.92. The fourth-order valence-corrected chi connectivity index (χ4v) is 3.63. The fraction of sp³-hybridized carbons (Fsp3) is 0.278. The number of benzene rings is 2. The van der Waals surface area contributed by atoms with Crippen LogP contribution in [0.1, 0.15) is 18.1 Å². The van der Waals surface area contributed by atoms with Gasteiger partial charge in [0.1, 0.15) is 5.82 Å². The van der Waals surface area contributed by atoms with E-state index in [1.165, 1.54) is 25.1 Å². The lowest BCUT2D eigenvalue weighted by Crippen LogP contribution is -2.34. The Morgan fingerprint density at radius 3 is 2.48 bits per heavy atom. The predicted molar refractivity (Wildman–Crippen MR) is 96.0 cm³/mol. The third-order valence-corrected chi connectivity index (χ3v) is 5.09. The van der Waals surface area contributed by atoms with Gasteiger partial charge >= 0.3 is 0 Å². The third-order valence-electron chi connectivity index (χ3n) is 3.60. The van der Waals surface area contributed by atoms with Gasteiger partial charge in [0.05, 0.1) is 17.4 Å². The molecule has 0 radical (unpaired) electrons. The van der Waals surface area contributed by atoms with Crippen molar-refractivity contribution in [1.29, 1.82) is 0 Å². The Labute approximate surface area is 147 Å². The summed E-state index contributed by atoms with van der Waals surface area (Å²) in [6.45, 7) is 3.84. The van der Waals surface area contributed by atoms with Gasteiger partial charge in [0.2, 0.25) is 15.9 Å². The number of rotatable bonds is 7. The van der Waals surface area contributed by atoms with Crippen molar-refractivity contribution in [3.8, 4) is 0 Å². The van der Waals surface area contributed by atoms with Gasteiger partial charge in [-0.05, 0) is 30.7 Å². The maximum atomic E-state index is 13.1. The number of amides is 1. The van der Waals surface area contributed by atoms with E-state index in [0.29, 0.717) is 6.54 Å². The Balaban J connectivity index is 1.89. The molecule has 2 aromatic rings. The van der Waals surface area contributed by atoms with Crippen molar-refractivity contribution in [1.82, 2.24) is 5.32 Å². The highest BCUT2D eigenvalue weighted by Gasteiger charge is 2.21. The summed E-state index contributed by atoms with van der Waals surface area (Å²) in [5.41, 5.74) is 2.19. The van der Waals surface area contributed by atoms with Crippen molar-refractivity contribution < 1.29 is 17.6 Å². The van der Waals surface area contributed by atoms with E-state index in [2.05, 4.69) is 10.0 Å². The number of hydrogen-bond acceptors (Lipinski definition) is 3. The van der Waals surface area contributed by atoms with E-state index in [4.69, 9.17) is 0 Å². The van der Waals surface area contributed by atoms with Gasteiger partial charge < -0.3 is 5.32 Å². The number of sulfonamides is 1. The van der Waals surface area contributed by atoms with Crippen molar-refractivity contribution in [2.75, 3.05) is 10.5 Å². The highest BCUT2D eigenvalue weighted by Crippen LogP contribution is 2.13. The van der Waals surface area contributed by atoms with Crippen LogP contribution in [0.2, 0.25) is 0 Å². The maximum Gasteiger partial charge on any atom is 0.233 e. The van der Waals surface area contributed by atoms with E-state index in [-0.39, 0.29) is 17.3 Å². The van der Waals surface area contributed by atoms with Gasteiger partial charge in [-0.25, -0.2) is 12.8 Å². The average Bonchev–Trinajstić information content (AvgIpc) is 2.53. The van der Waals surface area contributed by atoms with Crippen molar-refractivity contribution in [3.05, 3.63) is 65.5 Å². The summed E-state index contributed by atoms with van der Waals surface area (Å²) >= 11 is 0. The van der Waals surface area contributed by atoms with Crippen LogP contribution in [0, 0.1) is 18.7 Å². The molecule has 7 heteroatoms. The molecule has 1 unspecified atom stereocenters. The van der Waals surface area contributed by atoms with Crippen LogP contribution >= 0.6 is 0 Å². The van der Waals surface area contributed by atoms with Gasteiger partial charge in [0, 0.05) is 6.54 Å². The van der Waals surface area contributed by atoms with Crippen LogP contribution in [0.15, 0.2) is 48.5 Å². The van der Waals surface area contributed by atoms with Crippen molar-refractivity contribution >= 4 is 21.6 Å². The molecule has 1 atom stereocenters. The molecule has 0 aliphatic carbocycles. The zero-order chi connectivity index (χ0) is 18.4. The van der Waals surface area contributed by atoms with Gasteiger partial charge in [-0.15, -0.1) is 0 Å². The number of nitrogens with one attached hydrogen (secondary N) is 2. The Kier molecular flexibility index (Phi) is 6.14. The molecule has 0 aliphatic heterocycles. The Bertz CT molecular complexity index is 836. The molecule has 0 aliphatic rings. The number of anilines is 1. The second kappa shape index (κ2) is 8.11. The lowest BCUT2D eigenvalue weighted by molar-refractivity contribution is -0.124. The fourth-order valence-electron chi connectivity index (χ4n) is 2.25. The van der Waals surface area contributed by atoms with E-state index in [0.717, 1.165) is 17.2 Å². The molecule has 1 amide bonds. The Morgan fingerprint density at radius 2 is 1.84 bits per heavy atom. The first-order valence-electron chi connectivity index (χ1n) is 7.84. The van der Waals surface area contributed by atoms with E-state index >= 15 is 0 Å². The molecule has 0 aromatic heterocycles. The van der Waals surface area contributed by atoms with Crippen LogP contribution in [0.3, 0.4) is 0 Å². The number of halogens is 1. The van der Waals surface area contributed by atoms with E-state index in [1.54, 1.807) is 0 Å². The predicted octanol–water partition coefficient (Wildman–Crippen LogP) is 2.83. The smallest absolute Gasteiger partial charge is 0.233 e. The van der Waals surface area contributed by atoms with Crippen LogP contribution in [0.4, 0.5) is 10.1 Å². The SMILES string of the molecule is Cc1ccc(CNC(=O)C(C)CS(=O)(=O)Nc2cccc(F)c2)cc1. The van der Waals surface area contributed by atoms with Crippen LogP contribution < -0.4 is 10.0 Å². The highest BCUT2D eigenvalue weighted by atomic mass is 32.2. The lowest BCUT2D eigenvalue weighted by atomic mass is 10.1. The van der Waals surface area contributed by atoms with E-state index in [1.807, 2.05) is 31.2 Å². The monoisotopic (exact) mass is 364 g/mol. The number of carbonyl (C=O) groups is 1. The van der Waals surface area contributed by atoms with Crippen molar-refractivity contribution in [2.24, 2.45) is 5.92 Å². The average molecular weight is 364 g/mol.